The number of rotatable bonds is 13. The molecule has 5 amide bonds. The number of carbonyl (C=O) groups is 6. The van der Waals surface area contributed by atoms with Gasteiger partial charge in [0.15, 0.2) is 0 Å². The monoisotopic (exact) mass is 719 g/mol. The van der Waals surface area contributed by atoms with Crippen LogP contribution in [0.2, 0.25) is 0 Å². The van der Waals surface area contributed by atoms with E-state index in [4.69, 9.17) is 14.2 Å². The predicted molar refractivity (Wildman–Crippen MR) is 179 cm³/mol. The Morgan fingerprint density at radius 1 is 1.04 bits per heavy atom. The molecule has 1 aromatic rings. The summed E-state index contributed by atoms with van der Waals surface area (Å²) in [7, 11) is -3.94. The van der Waals surface area contributed by atoms with E-state index in [0.29, 0.717) is 12.8 Å². The number of hydrogen-bond acceptors (Lipinski definition) is 11. The quantitative estimate of drug-likeness (QED) is 0.132. The highest BCUT2D eigenvalue weighted by Crippen LogP contribution is 2.45. The van der Waals surface area contributed by atoms with Gasteiger partial charge in [-0.3, -0.25) is 24.4 Å². The van der Waals surface area contributed by atoms with Crippen LogP contribution in [0.4, 0.5) is 15.3 Å². The van der Waals surface area contributed by atoms with Crippen LogP contribution in [-0.4, -0.2) is 97.9 Å². The molecule has 0 radical (unpaired) electrons. The van der Waals surface area contributed by atoms with Gasteiger partial charge in [0.05, 0.1) is 36.3 Å². The molecule has 1 aliphatic heterocycles. The summed E-state index contributed by atoms with van der Waals surface area (Å²) < 4.78 is 42.9. The van der Waals surface area contributed by atoms with Gasteiger partial charge in [-0.1, -0.05) is 39.0 Å². The fraction of sp³-hybridized carbons (Fsp3) is 0.576. The molecule has 0 bridgehead atoms. The van der Waals surface area contributed by atoms with Gasteiger partial charge in [0.25, 0.3) is 5.91 Å². The van der Waals surface area contributed by atoms with E-state index in [1.54, 1.807) is 46.8 Å². The van der Waals surface area contributed by atoms with Crippen molar-refractivity contribution in [3.8, 4) is 0 Å². The van der Waals surface area contributed by atoms with Crippen LogP contribution >= 0.6 is 0 Å². The predicted octanol–water partition coefficient (Wildman–Crippen LogP) is 2.21. The van der Waals surface area contributed by atoms with E-state index >= 15 is 0 Å². The molecule has 2 saturated carbocycles. The number of hydrogen-bond donors (Lipinski definition) is 4. The standard InChI is InChI=1S/C33H45N5O11S/c1-7-19-17-33(19,29(42)37-50(45,46)21-14-15-21)36-26(39)24-16-20(18-38(24)27(40)25(32(4,5)6)35-30(43)48-9-3)49-31(44)34-23-13-11-10-12-22(23)28(41)47-8-2/h7,10-13,19-21,24-25H,1,8-9,14-18H2,2-6H3,(H,34,44)(H,35,43)(H,36,39)(H,37,42)/t19-,20-,24+,25-,33-/m1/s1. The Labute approximate surface area is 291 Å². The number of ether oxygens (including phenoxy) is 3. The van der Waals surface area contributed by atoms with Crippen molar-refractivity contribution in [3.05, 3.63) is 42.5 Å². The lowest BCUT2D eigenvalue weighted by atomic mass is 9.85. The van der Waals surface area contributed by atoms with Gasteiger partial charge < -0.3 is 29.7 Å². The molecule has 17 heteroatoms. The number of sulfonamides is 1. The molecule has 5 atom stereocenters. The molecular formula is C33H45N5O11S. The first-order valence-electron chi connectivity index (χ1n) is 16.5. The van der Waals surface area contributed by atoms with E-state index < -0.39 is 86.2 Å². The van der Waals surface area contributed by atoms with Crippen molar-refractivity contribution in [1.29, 1.82) is 0 Å². The zero-order chi connectivity index (χ0) is 37.0. The van der Waals surface area contributed by atoms with Gasteiger partial charge in [0, 0.05) is 12.3 Å². The number of anilines is 1. The van der Waals surface area contributed by atoms with Crippen LogP contribution in [0.25, 0.3) is 0 Å². The molecule has 0 spiro atoms. The largest absolute Gasteiger partial charge is 0.462 e. The summed E-state index contributed by atoms with van der Waals surface area (Å²) in [6, 6.07) is 3.62. The first-order chi connectivity index (χ1) is 23.5. The molecule has 274 valence electrons. The van der Waals surface area contributed by atoms with Crippen LogP contribution in [0.1, 0.15) is 70.7 Å². The van der Waals surface area contributed by atoms with Gasteiger partial charge in [-0.25, -0.2) is 22.8 Å². The minimum Gasteiger partial charge on any atom is -0.462 e. The lowest BCUT2D eigenvalue weighted by Crippen LogP contribution is -2.60. The summed E-state index contributed by atoms with van der Waals surface area (Å²) in [6.07, 6.45) is -0.746. The smallest absolute Gasteiger partial charge is 0.411 e. The van der Waals surface area contributed by atoms with Crippen molar-refractivity contribution < 1.29 is 51.4 Å². The van der Waals surface area contributed by atoms with Crippen LogP contribution in [0.15, 0.2) is 36.9 Å². The van der Waals surface area contributed by atoms with Gasteiger partial charge in [-0.05, 0) is 50.7 Å². The molecule has 1 heterocycles. The number of esters is 1. The molecular weight excluding hydrogens is 674 g/mol. The van der Waals surface area contributed by atoms with Crippen LogP contribution in [0.5, 0.6) is 0 Å². The maximum Gasteiger partial charge on any atom is 0.411 e. The third-order valence-electron chi connectivity index (χ3n) is 8.68. The van der Waals surface area contributed by atoms with Crippen molar-refractivity contribution in [2.75, 3.05) is 25.1 Å². The zero-order valence-corrected chi connectivity index (χ0v) is 29.6. The summed E-state index contributed by atoms with van der Waals surface area (Å²) in [5.74, 6) is -3.65. The summed E-state index contributed by atoms with van der Waals surface area (Å²) >= 11 is 0. The highest BCUT2D eigenvalue weighted by atomic mass is 32.2. The highest BCUT2D eigenvalue weighted by molar-refractivity contribution is 7.91. The molecule has 4 N–H and O–H groups in total. The highest BCUT2D eigenvalue weighted by Gasteiger charge is 2.62. The Morgan fingerprint density at radius 2 is 1.70 bits per heavy atom. The fourth-order valence-corrected chi connectivity index (χ4v) is 7.13. The minimum absolute atomic E-state index is 0.0427. The normalized spacial score (nSPS) is 23.5. The minimum atomic E-state index is -3.94. The van der Waals surface area contributed by atoms with E-state index in [0.717, 1.165) is 4.90 Å². The van der Waals surface area contributed by atoms with Gasteiger partial charge in [0.1, 0.15) is 23.7 Å². The topological polar surface area (TPSA) is 216 Å². The number of amides is 5. The maximum absolute atomic E-state index is 14.1. The van der Waals surface area contributed by atoms with E-state index in [-0.39, 0.29) is 43.9 Å². The molecule has 1 saturated heterocycles. The van der Waals surface area contributed by atoms with E-state index in [2.05, 4.69) is 27.3 Å². The van der Waals surface area contributed by atoms with Crippen LogP contribution in [0.3, 0.4) is 0 Å². The number of nitrogens with one attached hydrogen (secondary N) is 4. The van der Waals surface area contributed by atoms with Crippen LogP contribution in [-0.2, 0) is 38.6 Å². The second-order valence-corrected chi connectivity index (χ2v) is 15.5. The molecule has 16 nitrogen and oxygen atoms in total. The molecule has 0 unspecified atom stereocenters. The first-order valence-corrected chi connectivity index (χ1v) is 18.0. The first kappa shape index (κ1) is 38.1. The molecule has 4 rings (SSSR count). The van der Waals surface area contributed by atoms with Crippen molar-refractivity contribution in [2.45, 2.75) is 89.3 Å². The number of carbonyl (C=O) groups excluding carboxylic acids is 6. The zero-order valence-electron chi connectivity index (χ0n) is 28.8. The molecule has 50 heavy (non-hydrogen) atoms. The van der Waals surface area contributed by atoms with Crippen molar-refractivity contribution >= 4 is 51.6 Å². The lowest BCUT2D eigenvalue weighted by Gasteiger charge is -2.35. The SMILES string of the molecule is C=C[C@@H]1C[C@]1(NC(=O)[C@@H]1C[C@@H](OC(=O)Nc2ccccc2C(=O)OCC)CN1C(=O)[C@@H](NC(=O)OCC)C(C)(C)C)C(=O)NS(=O)(=O)C1CC1. The molecule has 1 aromatic carbocycles. The Balaban J connectivity index is 1.59. The second kappa shape index (κ2) is 15.1. The summed E-state index contributed by atoms with van der Waals surface area (Å²) in [5, 5.41) is 7.04. The van der Waals surface area contributed by atoms with E-state index in [1.807, 2.05) is 0 Å². The molecule has 3 fully saturated rings. The van der Waals surface area contributed by atoms with Crippen molar-refractivity contribution in [2.24, 2.45) is 11.3 Å². The number of nitrogens with zero attached hydrogens (tertiary/aromatic N) is 1. The van der Waals surface area contributed by atoms with Crippen molar-refractivity contribution in [1.82, 2.24) is 20.3 Å². The summed E-state index contributed by atoms with van der Waals surface area (Å²) in [5.41, 5.74) is -2.31. The summed E-state index contributed by atoms with van der Waals surface area (Å²) in [6.45, 7) is 11.9. The van der Waals surface area contributed by atoms with Gasteiger partial charge >= 0.3 is 18.2 Å². The Hall–Kier alpha value is -4.67. The number of benzene rings is 1. The van der Waals surface area contributed by atoms with E-state index in [9.17, 15) is 37.2 Å². The van der Waals surface area contributed by atoms with E-state index in [1.165, 1.54) is 18.2 Å². The second-order valence-electron chi connectivity index (χ2n) is 13.5. The molecule has 3 aliphatic rings. The number of alkyl carbamates (subject to hydrolysis) is 1. The van der Waals surface area contributed by atoms with Gasteiger partial charge in [-0.15, -0.1) is 6.58 Å². The maximum atomic E-state index is 14.1. The lowest BCUT2D eigenvalue weighted by molar-refractivity contribution is -0.142. The third-order valence-corrected chi connectivity index (χ3v) is 10.5. The Kier molecular flexibility index (Phi) is 11.5. The Morgan fingerprint density at radius 3 is 2.28 bits per heavy atom. The number of para-hydroxylation sites is 1. The summed E-state index contributed by atoms with van der Waals surface area (Å²) in [4.78, 5) is 80.6. The average Bonchev–Trinajstić information content (AvgIpc) is 3.96. The van der Waals surface area contributed by atoms with Crippen LogP contribution < -0.4 is 20.7 Å². The molecule has 2 aliphatic carbocycles. The average molecular weight is 720 g/mol. The van der Waals surface area contributed by atoms with Crippen LogP contribution in [0, 0.1) is 11.3 Å². The third kappa shape index (κ3) is 8.73. The fourth-order valence-electron chi connectivity index (χ4n) is 5.77. The molecule has 0 aromatic heterocycles. The van der Waals surface area contributed by atoms with Gasteiger partial charge in [-0.2, -0.15) is 0 Å². The Bertz CT molecular complexity index is 1640. The van der Waals surface area contributed by atoms with Gasteiger partial charge in [0.2, 0.25) is 21.8 Å². The van der Waals surface area contributed by atoms with Crippen molar-refractivity contribution in [3.63, 3.8) is 0 Å². The number of likely N-dealkylation sites (tertiary alicyclic amines) is 1.